The molecular formula is C45H33N3. The number of benzene rings is 7. The lowest BCUT2D eigenvalue weighted by molar-refractivity contribution is 1.23. The fourth-order valence-corrected chi connectivity index (χ4v) is 8.48. The Bertz CT molecular complexity index is 2290. The number of rotatable bonds is 6. The molecule has 0 saturated carbocycles. The highest BCUT2D eigenvalue weighted by atomic mass is 14.5. The molecule has 7 aromatic carbocycles. The van der Waals surface area contributed by atoms with Crippen molar-refractivity contribution in [2.45, 2.75) is 19.3 Å². The van der Waals surface area contributed by atoms with Gasteiger partial charge in [-0.3, -0.25) is 0 Å². The van der Waals surface area contributed by atoms with Crippen molar-refractivity contribution in [1.82, 2.24) is 0 Å². The molecule has 0 spiro atoms. The molecule has 7 aromatic rings. The van der Waals surface area contributed by atoms with Crippen LogP contribution in [0, 0.1) is 0 Å². The predicted octanol–water partition coefficient (Wildman–Crippen LogP) is 10.1. The Balaban J connectivity index is 1.20. The van der Waals surface area contributed by atoms with E-state index in [4.69, 9.17) is 17.2 Å². The van der Waals surface area contributed by atoms with Crippen LogP contribution in [0.15, 0.2) is 91.0 Å². The summed E-state index contributed by atoms with van der Waals surface area (Å²) in [5, 5.41) is 8.87. The lowest BCUT2D eigenvalue weighted by Crippen LogP contribution is -1.91. The second-order valence-electron chi connectivity index (χ2n) is 13.6. The predicted molar refractivity (Wildman–Crippen MR) is 207 cm³/mol. The van der Waals surface area contributed by atoms with E-state index < -0.39 is 0 Å². The molecular weight excluding hydrogens is 583 g/mol. The maximum absolute atomic E-state index is 5.98. The number of anilines is 3. The molecule has 0 heterocycles. The lowest BCUT2D eigenvalue weighted by atomic mass is 9.91. The van der Waals surface area contributed by atoms with E-state index in [1.54, 1.807) is 0 Å². The highest BCUT2D eigenvalue weighted by Crippen LogP contribution is 2.55. The number of nitrogen functional groups attached to an aromatic ring is 3. The summed E-state index contributed by atoms with van der Waals surface area (Å²) in [6.45, 7) is 0. The van der Waals surface area contributed by atoms with Crippen molar-refractivity contribution in [3.05, 3.63) is 158 Å². The Morgan fingerprint density at radius 1 is 0.333 bits per heavy atom. The fourth-order valence-electron chi connectivity index (χ4n) is 8.48. The smallest absolute Gasteiger partial charge is 0.0314 e. The van der Waals surface area contributed by atoms with Crippen molar-refractivity contribution >= 4 is 85.8 Å². The molecule has 0 aliphatic heterocycles. The third-order valence-corrected chi connectivity index (χ3v) is 10.7. The van der Waals surface area contributed by atoms with Gasteiger partial charge < -0.3 is 17.2 Å². The summed E-state index contributed by atoms with van der Waals surface area (Å²) >= 11 is 0. The van der Waals surface area contributed by atoms with Crippen molar-refractivity contribution in [3.63, 3.8) is 0 Å². The normalized spacial score (nSPS) is 14.0. The Morgan fingerprint density at radius 3 is 0.875 bits per heavy atom. The summed E-state index contributed by atoms with van der Waals surface area (Å²) in [6.07, 6.45) is 16.5. The molecule has 3 nitrogen and oxygen atoms in total. The zero-order valence-corrected chi connectivity index (χ0v) is 26.5. The van der Waals surface area contributed by atoms with Gasteiger partial charge >= 0.3 is 0 Å². The summed E-state index contributed by atoms with van der Waals surface area (Å²) in [5.41, 5.74) is 36.4. The molecule has 0 atom stereocenters. The SMILES string of the molecule is Nc1ccc(/C=C/c2cc3c4c5c2Cc2cc(/C=C/c6ccc(N)cc6)c6c(c25)c2c(cc(/C=C/c5ccc(N)cc5)c(c42)C3)C6)cc1. The molecule has 0 fully saturated rings. The molecule has 228 valence electrons. The van der Waals surface area contributed by atoms with E-state index in [0.29, 0.717) is 0 Å². The van der Waals surface area contributed by atoms with E-state index in [-0.39, 0.29) is 0 Å². The quantitative estimate of drug-likeness (QED) is 0.0989. The van der Waals surface area contributed by atoms with Crippen molar-refractivity contribution in [2.24, 2.45) is 0 Å². The zero-order chi connectivity index (χ0) is 32.1. The molecule has 10 rings (SSSR count). The molecule has 0 saturated heterocycles. The highest BCUT2D eigenvalue weighted by Gasteiger charge is 2.34. The van der Waals surface area contributed by atoms with Gasteiger partial charge in [0.2, 0.25) is 0 Å². The summed E-state index contributed by atoms with van der Waals surface area (Å²) in [5.74, 6) is 0. The van der Waals surface area contributed by atoms with Gasteiger partial charge in [-0.2, -0.15) is 0 Å². The highest BCUT2D eigenvalue weighted by molar-refractivity contribution is 6.34. The Hall–Kier alpha value is -6.06. The van der Waals surface area contributed by atoms with E-state index in [1.807, 2.05) is 36.4 Å². The first-order valence-electron chi connectivity index (χ1n) is 16.7. The van der Waals surface area contributed by atoms with Gasteiger partial charge in [0.15, 0.2) is 0 Å². The molecule has 0 amide bonds. The van der Waals surface area contributed by atoms with Crippen LogP contribution < -0.4 is 17.2 Å². The third kappa shape index (κ3) is 4.01. The summed E-state index contributed by atoms with van der Waals surface area (Å²) in [6, 6.07) is 31.8. The van der Waals surface area contributed by atoms with Gasteiger partial charge in [-0.15, -0.1) is 0 Å². The van der Waals surface area contributed by atoms with E-state index >= 15 is 0 Å². The third-order valence-electron chi connectivity index (χ3n) is 10.7. The Kier molecular flexibility index (Phi) is 5.63. The van der Waals surface area contributed by atoms with Crippen LogP contribution in [-0.4, -0.2) is 0 Å². The van der Waals surface area contributed by atoms with Gasteiger partial charge in [-0.25, -0.2) is 0 Å². The van der Waals surface area contributed by atoms with Crippen molar-refractivity contribution in [1.29, 1.82) is 0 Å². The molecule has 0 radical (unpaired) electrons. The maximum atomic E-state index is 5.98. The average Bonchev–Trinajstić information content (AvgIpc) is 3.78. The Morgan fingerprint density at radius 2 is 0.604 bits per heavy atom. The average molecular weight is 616 g/mol. The van der Waals surface area contributed by atoms with Crippen LogP contribution in [0.3, 0.4) is 0 Å². The van der Waals surface area contributed by atoms with Crippen LogP contribution in [0.5, 0.6) is 0 Å². The van der Waals surface area contributed by atoms with Gasteiger partial charge in [0.1, 0.15) is 0 Å². The first-order valence-corrected chi connectivity index (χ1v) is 16.7. The summed E-state index contributed by atoms with van der Waals surface area (Å²) in [4.78, 5) is 0. The lowest BCUT2D eigenvalue weighted by Gasteiger charge is -2.12. The molecule has 3 aliphatic rings. The number of nitrogens with two attached hydrogens (primary N) is 3. The van der Waals surface area contributed by atoms with Crippen LogP contribution in [0.4, 0.5) is 17.1 Å². The first kappa shape index (κ1) is 27.1. The molecule has 0 bridgehead atoms. The molecule has 0 unspecified atom stereocenters. The van der Waals surface area contributed by atoms with Gasteiger partial charge in [0, 0.05) is 17.1 Å². The second-order valence-corrected chi connectivity index (χ2v) is 13.6. The van der Waals surface area contributed by atoms with Gasteiger partial charge in [0.05, 0.1) is 0 Å². The fraction of sp³-hybridized carbons (Fsp3) is 0.0667. The van der Waals surface area contributed by atoms with Crippen LogP contribution >= 0.6 is 0 Å². The van der Waals surface area contributed by atoms with Crippen LogP contribution in [0.1, 0.15) is 66.8 Å². The van der Waals surface area contributed by atoms with Crippen molar-refractivity contribution < 1.29 is 0 Å². The summed E-state index contributed by atoms with van der Waals surface area (Å²) < 4.78 is 0. The minimum absolute atomic E-state index is 0.785. The second kappa shape index (κ2) is 9.97. The van der Waals surface area contributed by atoms with E-state index in [1.165, 1.54) is 82.4 Å². The number of hydrogen-bond donors (Lipinski definition) is 3. The van der Waals surface area contributed by atoms with Gasteiger partial charge in [0.25, 0.3) is 0 Å². The van der Waals surface area contributed by atoms with Crippen LogP contribution in [0.25, 0.3) is 68.8 Å². The zero-order valence-electron chi connectivity index (χ0n) is 26.5. The van der Waals surface area contributed by atoms with Crippen molar-refractivity contribution in [2.75, 3.05) is 17.2 Å². The van der Waals surface area contributed by atoms with E-state index in [0.717, 1.165) is 53.0 Å². The first-order chi connectivity index (χ1) is 23.5. The summed E-state index contributed by atoms with van der Waals surface area (Å²) in [7, 11) is 0. The van der Waals surface area contributed by atoms with Crippen LogP contribution in [0.2, 0.25) is 0 Å². The topological polar surface area (TPSA) is 78.1 Å². The standard InChI is InChI=1S/C45H33N3/c46-34-13-4-25(5-14-34)1-10-28-19-31-23-38-30(12-3-27-8-17-36(48)18-9-27)21-33-24-39-29(11-2-26-6-15-35(47)16-7-26)20-32-22-37(28)43-40(31)44(38)42(33)45(39)41(32)43/h1-21H,22-24,46-48H2/b10-1+,11-2+,12-3+. The van der Waals surface area contributed by atoms with E-state index in [2.05, 4.69) is 91.1 Å². The largest absolute Gasteiger partial charge is 0.399 e. The molecule has 3 aliphatic carbocycles. The molecule has 3 heteroatoms. The number of hydrogen-bond acceptors (Lipinski definition) is 3. The maximum Gasteiger partial charge on any atom is 0.0314 e. The minimum Gasteiger partial charge on any atom is -0.399 e. The van der Waals surface area contributed by atoms with Crippen LogP contribution in [-0.2, 0) is 19.3 Å². The van der Waals surface area contributed by atoms with Gasteiger partial charge in [-0.05, 0) is 155 Å². The molecule has 48 heavy (non-hydrogen) atoms. The minimum atomic E-state index is 0.785. The molecule has 6 N–H and O–H groups in total. The Labute approximate surface area is 279 Å². The van der Waals surface area contributed by atoms with Crippen molar-refractivity contribution in [3.8, 4) is 0 Å². The van der Waals surface area contributed by atoms with Gasteiger partial charge in [-0.1, -0.05) is 91.1 Å². The van der Waals surface area contributed by atoms with E-state index in [9.17, 15) is 0 Å². The molecule has 0 aromatic heterocycles. The monoisotopic (exact) mass is 615 g/mol.